The van der Waals surface area contributed by atoms with Gasteiger partial charge in [0.2, 0.25) is 0 Å². The van der Waals surface area contributed by atoms with E-state index in [1.807, 2.05) is 31.2 Å². The molecule has 0 spiro atoms. The van der Waals surface area contributed by atoms with Crippen LogP contribution in [0.4, 0.5) is 0 Å². The molecule has 64 valence electrons. The highest BCUT2D eigenvalue weighted by atomic mass is 32.2. The summed E-state index contributed by atoms with van der Waals surface area (Å²) in [5.41, 5.74) is 1.20. The summed E-state index contributed by atoms with van der Waals surface area (Å²) >= 11 is 0. The highest BCUT2D eigenvalue weighted by Gasteiger charge is 2.29. The summed E-state index contributed by atoms with van der Waals surface area (Å²) in [6, 6.07) is 7.99. The van der Waals surface area contributed by atoms with Crippen molar-refractivity contribution in [3.05, 3.63) is 29.8 Å². The van der Waals surface area contributed by atoms with Crippen LogP contribution in [0.25, 0.3) is 0 Å². The lowest BCUT2D eigenvalue weighted by Crippen LogP contribution is -1.97. The van der Waals surface area contributed by atoms with Crippen LogP contribution in [0.3, 0.4) is 0 Å². The summed E-state index contributed by atoms with van der Waals surface area (Å²) in [6.45, 7) is 2.04. The van der Waals surface area contributed by atoms with Crippen LogP contribution >= 0.6 is 0 Å². The Hall–Kier alpha value is -0.630. The van der Waals surface area contributed by atoms with Crippen molar-refractivity contribution >= 4 is 10.8 Å². The Labute approximate surface area is 75.3 Å². The third-order valence-corrected chi connectivity index (χ3v) is 3.84. The molecule has 1 nitrogen and oxygen atoms in total. The fourth-order valence-electron chi connectivity index (χ4n) is 1.22. The first-order valence-electron chi connectivity index (χ1n) is 4.24. The van der Waals surface area contributed by atoms with Gasteiger partial charge in [-0.25, -0.2) is 0 Å². The summed E-state index contributed by atoms with van der Waals surface area (Å²) in [6.07, 6.45) is 2.28. The van der Waals surface area contributed by atoms with Crippen molar-refractivity contribution in [1.29, 1.82) is 0 Å². The monoisotopic (exact) mass is 180 g/mol. The molecular weight excluding hydrogens is 168 g/mol. The van der Waals surface area contributed by atoms with Gasteiger partial charge in [0.1, 0.15) is 0 Å². The number of hydrogen-bond donors (Lipinski definition) is 0. The fraction of sp³-hybridized carbons (Fsp3) is 0.400. The molecule has 12 heavy (non-hydrogen) atoms. The van der Waals surface area contributed by atoms with Crippen LogP contribution in [0, 0.1) is 6.92 Å². The summed E-state index contributed by atoms with van der Waals surface area (Å²) in [4.78, 5) is 0.998. The highest BCUT2D eigenvalue weighted by molar-refractivity contribution is 7.86. The Morgan fingerprint density at radius 2 is 2.17 bits per heavy atom. The second kappa shape index (κ2) is 3.02. The van der Waals surface area contributed by atoms with Crippen LogP contribution in [0.5, 0.6) is 0 Å². The molecule has 0 saturated heterocycles. The SMILES string of the molecule is Cc1cccc(S(=O)C2CC2)c1. The van der Waals surface area contributed by atoms with E-state index in [1.54, 1.807) is 0 Å². The quantitative estimate of drug-likeness (QED) is 0.682. The molecule has 2 rings (SSSR count). The van der Waals surface area contributed by atoms with Gasteiger partial charge in [-0.1, -0.05) is 12.1 Å². The highest BCUT2D eigenvalue weighted by Crippen LogP contribution is 2.30. The average Bonchev–Trinajstić information content (AvgIpc) is 2.85. The molecule has 0 aliphatic heterocycles. The minimum atomic E-state index is -0.734. The van der Waals surface area contributed by atoms with Crippen LogP contribution in [0.15, 0.2) is 29.2 Å². The molecular formula is C10H12OS. The van der Waals surface area contributed by atoms with E-state index in [9.17, 15) is 4.21 Å². The zero-order valence-corrected chi connectivity index (χ0v) is 7.93. The van der Waals surface area contributed by atoms with Crippen LogP contribution in [-0.2, 0) is 10.8 Å². The van der Waals surface area contributed by atoms with Gasteiger partial charge in [-0.3, -0.25) is 4.21 Å². The number of benzene rings is 1. The normalized spacial score (nSPS) is 19.1. The molecule has 2 heteroatoms. The van der Waals surface area contributed by atoms with E-state index in [2.05, 4.69) is 0 Å². The van der Waals surface area contributed by atoms with Gasteiger partial charge < -0.3 is 0 Å². The molecule has 0 radical (unpaired) electrons. The molecule has 1 unspecified atom stereocenters. The van der Waals surface area contributed by atoms with Crippen molar-refractivity contribution < 1.29 is 4.21 Å². The van der Waals surface area contributed by atoms with Crippen molar-refractivity contribution in [3.8, 4) is 0 Å². The van der Waals surface area contributed by atoms with Crippen molar-refractivity contribution in [3.63, 3.8) is 0 Å². The smallest absolute Gasteiger partial charge is 0.0560 e. The lowest BCUT2D eigenvalue weighted by Gasteiger charge is -2.00. The zero-order valence-electron chi connectivity index (χ0n) is 7.12. The molecule has 0 heterocycles. The fourth-order valence-corrected chi connectivity index (χ4v) is 2.68. The van der Waals surface area contributed by atoms with Crippen molar-refractivity contribution in [2.24, 2.45) is 0 Å². The second-order valence-electron chi connectivity index (χ2n) is 3.31. The summed E-state index contributed by atoms with van der Waals surface area (Å²) in [5.74, 6) is 0. The standard InChI is InChI=1S/C10H12OS/c1-8-3-2-4-10(7-8)12(11)9-5-6-9/h2-4,7,9H,5-6H2,1H3. The third kappa shape index (κ3) is 1.58. The molecule has 1 fully saturated rings. The minimum absolute atomic E-state index is 0.451. The van der Waals surface area contributed by atoms with E-state index in [4.69, 9.17) is 0 Å². The minimum Gasteiger partial charge on any atom is -0.254 e. The molecule has 1 aliphatic rings. The molecule has 0 aromatic heterocycles. The molecule has 0 bridgehead atoms. The Kier molecular flexibility index (Phi) is 2.01. The van der Waals surface area contributed by atoms with Gasteiger partial charge in [0.25, 0.3) is 0 Å². The molecule has 0 amide bonds. The van der Waals surface area contributed by atoms with Crippen LogP contribution in [0.1, 0.15) is 18.4 Å². The van der Waals surface area contributed by atoms with Crippen molar-refractivity contribution in [1.82, 2.24) is 0 Å². The largest absolute Gasteiger partial charge is 0.254 e. The Morgan fingerprint density at radius 3 is 2.75 bits per heavy atom. The molecule has 0 N–H and O–H groups in total. The van der Waals surface area contributed by atoms with Crippen LogP contribution < -0.4 is 0 Å². The van der Waals surface area contributed by atoms with Gasteiger partial charge in [0.15, 0.2) is 0 Å². The van der Waals surface area contributed by atoms with E-state index in [0.29, 0.717) is 5.25 Å². The maximum Gasteiger partial charge on any atom is 0.0560 e. The van der Waals surface area contributed by atoms with Crippen LogP contribution in [-0.4, -0.2) is 9.46 Å². The molecule has 1 aromatic carbocycles. The van der Waals surface area contributed by atoms with Gasteiger partial charge in [-0.05, 0) is 37.5 Å². The predicted molar refractivity (Wildman–Crippen MR) is 50.6 cm³/mol. The summed E-state index contributed by atoms with van der Waals surface area (Å²) < 4.78 is 11.7. The van der Waals surface area contributed by atoms with Gasteiger partial charge in [-0.2, -0.15) is 0 Å². The summed E-state index contributed by atoms with van der Waals surface area (Å²) in [5, 5.41) is 0.451. The van der Waals surface area contributed by atoms with E-state index in [1.165, 1.54) is 5.56 Å². The topological polar surface area (TPSA) is 17.1 Å². The lowest BCUT2D eigenvalue weighted by atomic mass is 10.2. The number of aryl methyl sites for hydroxylation is 1. The maximum atomic E-state index is 11.7. The first-order valence-corrected chi connectivity index (χ1v) is 5.46. The maximum absolute atomic E-state index is 11.7. The first kappa shape index (κ1) is 7.99. The zero-order chi connectivity index (χ0) is 8.55. The van der Waals surface area contributed by atoms with E-state index in [0.717, 1.165) is 17.7 Å². The van der Waals surface area contributed by atoms with E-state index in [-0.39, 0.29) is 0 Å². The molecule has 1 saturated carbocycles. The van der Waals surface area contributed by atoms with Gasteiger partial charge >= 0.3 is 0 Å². The second-order valence-corrected chi connectivity index (χ2v) is 5.05. The van der Waals surface area contributed by atoms with Gasteiger partial charge in [0.05, 0.1) is 10.8 Å². The Bertz CT molecular complexity index is 315. The van der Waals surface area contributed by atoms with Gasteiger partial charge in [-0.15, -0.1) is 0 Å². The molecule has 1 aliphatic carbocycles. The van der Waals surface area contributed by atoms with E-state index < -0.39 is 10.8 Å². The van der Waals surface area contributed by atoms with E-state index >= 15 is 0 Å². The molecule has 1 aromatic rings. The predicted octanol–water partition coefficient (Wildman–Crippen LogP) is 2.27. The average molecular weight is 180 g/mol. The molecule has 1 atom stereocenters. The lowest BCUT2D eigenvalue weighted by molar-refractivity contribution is 0.682. The summed E-state index contributed by atoms with van der Waals surface area (Å²) in [7, 11) is -0.734. The third-order valence-electron chi connectivity index (χ3n) is 2.05. The van der Waals surface area contributed by atoms with Gasteiger partial charge in [0, 0.05) is 10.1 Å². The number of rotatable bonds is 2. The van der Waals surface area contributed by atoms with Crippen LogP contribution in [0.2, 0.25) is 0 Å². The van der Waals surface area contributed by atoms with Crippen molar-refractivity contribution in [2.75, 3.05) is 0 Å². The van der Waals surface area contributed by atoms with Crippen molar-refractivity contribution in [2.45, 2.75) is 29.9 Å². The Balaban J connectivity index is 2.26. The first-order chi connectivity index (χ1) is 5.77. The number of hydrogen-bond acceptors (Lipinski definition) is 1. The Morgan fingerprint density at radius 1 is 1.42 bits per heavy atom.